The Hall–Kier alpha value is -0.360. The number of carbonyl (C=O) groups is 1. The molecular formula is C20H38NOP. The third-order valence-corrected chi connectivity index (χ3v) is 6.33. The van der Waals surface area contributed by atoms with Gasteiger partial charge in [-0.05, 0) is 56.7 Å². The molecule has 0 fully saturated rings. The minimum atomic E-state index is -0.179. The average Bonchev–Trinajstić information content (AvgIpc) is 2.82. The molecule has 1 aliphatic carbocycles. The zero-order valence-electron chi connectivity index (χ0n) is 17.4. The quantitative estimate of drug-likeness (QED) is 0.460. The van der Waals surface area contributed by atoms with E-state index in [0.717, 1.165) is 0 Å². The van der Waals surface area contributed by atoms with Gasteiger partial charge in [0.2, 0.25) is 5.65 Å². The van der Waals surface area contributed by atoms with Crippen molar-refractivity contribution in [3.63, 3.8) is 0 Å². The molecule has 0 heterocycles. The monoisotopic (exact) mass is 339 g/mol. The summed E-state index contributed by atoms with van der Waals surface area (Å²) in [5, 5.41) is 3.11. The summed E-state index contributed by atoms with van der Waals surface area (Å²) < 4.78 is 0. The van der Waals surface area contributed by atoms with E-state index in [1.807, 2.05) is 0 Å². The van der Waals surface area contributed by atoms with Crippen LogP contribution in [0, 0.1) is 16.2 Å². The minimum absolute atomic E-state index is 0.0475. The van der Waals surface area contributed by atoms with Crippen LogP contribution in [0.1, 0.15) is 83.1 Å². The van der Waals surface area contributed by atoms with E-state index in [2.05, 4.69) is 88.4 Å². The lowest BCUT2D eigenvalue weighted by Crippen LogP contribution is -2.41. The number of nitrogens with one attached hydrogen (secondary N) is 1. The van der Waals surface area contributed by atoms with Crippen LogP contribution in [0.2, 0.25) is 0 Å². The molecule has 23 heavy (non-hydrogen) atoms. The van der Waals surface area contributed by atoms with Crippen LogP contribution >= 0.6 is 8.58 Å². The number of hydrogen-bond donors (Lipinski definition) is 1. The maximum atomic E-state index is 12.8. The highest BCUT2D eigenvalue weighted by Crippen LogP contribution is 2.74. The van der Waals surface area contributed by atoms with E-state index in [1.54, 1.807) is 0 Å². The van der Waals surface area contributed by atoms with Crippen LogP contribution in [0.15, 0.2) is 11.1 Å². The molecule has 0 radical (unpaired) electrons. The number of allylic oxidation sites excluding steroid dienone is 2. The molecule has 1 atom stereocenters. The van der Waals surface area contributed by atoms with Crippen molar-refractivity contribution in [3.8, 4) is 0 Å². The van der Waals surface area contributed by atoms with Crippen molar-refractivity contribution in [3.05, 3.63) is 11.1 Å². The summed E-state index contributed by atoms with van der Waals surface area (Å²) in [4.78, 5) is 12.8. The molecule has 1 unspecified atom stereocenters. The fourth-order valence-electron chi connectivity index (χ4n) is 3.76. The van der Waals surface area contributed by atoms with Crippen molar-refractivity contribution in [2.45, 2.75) is 93.8 Å². The number of hydrogen-bond acceptors (Lipinski definition) is 1. The lowest BCUT2D eigenvalue weighted by molar-refractivity contribution is 0.251. The van der Waals surface area contributed by atoms with E-state index in [1.165, 1.54) is 11.1 Å². The number of amides is 1. The second-order valence-electron chi connectivity index (χ2n) is 11.1. The molecule has 0 aliphatic heterocycles. The van der Waals surface area contributed by atoms with E-state index < -0.39 is 0 Å². The van der Waals surface area contributed by atoms with Gasteiger partial charge in [-0.25, -0.2) is 0 Å². The lowest BCUT2D eigenvalue weighted by Gasteiger charge is -2.39. The highest BCUT2D eigenvalue weighted by atomic mass is 31.1. The van der Waals surface area contributed by atoms with E-state index in [0.29, 0.717) is 0 Å². The second kappa shape index (κ2) is 5.58. The molecule has 1 amide bonds. The molecule has 0 aromatic heterocycles. The van der Waals surface area contributed by atoms with Gasteiger partial charge in [-0.15, -0.1) is 0 Å². The summed E-state index contributed by atoms with van der Waals surface area (Å²) in [5.74, 6) is 0. The predicted octanol–water partition coefficient (Wildman–Crippen LogP) is 6.36. The first-order valence-corrected chi connectivity index (χ1v) is 9.70. The van der Waals surface area contributed by atoms with E-state index in [4.69, 9.17) is 0 Å². The van der Waals surface area contributed by atoms with Crippen molar-refractivity contribution >= 4 is 14.2 Å². The van der Waals surface area contributed by atoms with E-state index >= 15 is 0 Å². The standard InChI is InChI=1S/C20H38NOP/c1-16(2,3)13-14(17(4,5)6)20(13,18(7,8)9)23-15(22)21-19(10,11)12/h23H,1-12H3,(H,21,22). The Morgan fingerprint density at radius 2 is 1.13 bits per heavy atom. The average molecular weight is 340 g/mol. The van der Waals surface area contributed by atoms with Crippen LogP contribution in [0.3, 0.4) is 0 Å². The maximum absolute atomic E-state index is 12.8. The van der Waals surface area contributed by atoms with Gasteiger partial charge in [-0.1, -0.05) is 62.3 Å². The molecule has 0 saturated heterocycles. The van der Waals surface area contributed by atoms with Gasteiger partial charge in [0, 0.05) is 10.7 Å². The van der Waals surface area contributed by atoms with Gasteiger partial charge in [-0.2, -0.15) is 0 Å². The van der Waals surface area contributed by atoms with Gasteiger partial charge < -0.3 is 5.32 Å². The summed E-state index contributed by atoms with van der Waals surface area (Å²) in [6, 6.07) is 0. The van der Waals surface area contributed by atoms with E-state index in [-0.39, 0.29) is 41.2 Å². The van der Waals surface area contributed by atoms with Crippen molar-refractivity contribution < 1.29 is 4.79 Å². The third-order valence-electron chi connectivity index (χ3n) is 4.35. The summed E-state index contributed by atoms with van der Waals surface area (Å²) in [6.45, 7) is 26.7. The summed E-state index contributed by atoms with van der Waals surface area (Å²) in [6.07, 6.45) is 0. The Labute approximate surface area is 146 Å². The van der Waals surface area contributed by atoms with Crippen LogP contribution in [0.4, 0.5) is 4.79 Å². The lowest BCUT2D eigenvalue weighted by atomic mass is 9.77. The predicted molar refractivity (Wildman–Crippen MR) is 105 cm³/mol. The topological polar surface area (TPSA) is 29.1 Å². The van der Waals surface area contributed by atoms with Gasteiger partial charge in [-0.3, -0.25) is 4.79 Å². The number of rotatable bonds is 2. The van der Waals surface area contributed by atoms with Crippen LogP contribution in [0.25, 0.3) is 0 Å². The SMILES string of the molecule is CC(C)(C)NC(=O)PC1(C(C)(C)C)C(C(C)(C)C)=C1C(C)(C)C. The molecule has 1 aliphatic rings. The maximum Gasteiger partial charge on any atom is 0.239 e. The summed E-state index contributed by atoms with van der Waals surface area (Å²) >= 11 is 0. The zero-order valence-corrected chi connectivity index (χ0v) is 18.4. The van der Waals surface area contributed by atoms with Gasteiger partial charge in [0.25, 0.3) is 0 Å². The molecule has 3 heteroatoms. The van der Waals surface area contributed by atoms with Crippen LogP contribution in [-0.4, -0.2) is 16.3 Å². The van der Waals surface area contributed by atoms with E-state index in [9.17, 15) is 4.79 Å². The molecule has 2 nitrogen and oxygen atoms in total. The smallest absolute Gasteiger partial charge is 0.239 e. The molecule has 0 spiro atoms. The van der Waals surface area contributed by atoms with Crippen molar-refractivity contribution in [1.29, 1.82) is 0 Å². The second-order valence-corrected chi connectivity index (χ2v) is 12.5. The third kappa shape index (κ3) is 4.19. The van der Waals surface area contributed by atoms with Crippen molar-refractivity contribution in [2.75, 3.05) is 0 Å². The highest BCUT2D eigenvalue weighted by Gasteiger charge is 2.66. The van der Waals surface area contributed by atoms with Crippen molar-refractivity contribution in [1.82, 2.24) is 5.32 Å². The first-order chi connectivity index (χ1) is 9.84. The van der Waals surface area contributed by atoms with Crippen LogP contribution < -0.4 is 5.32 Å². The Kier molecular flexibility index (Phi) is 5.02. The first-order valence-electron chi connectivity index (χ1n) is 8.70. The molecular weight excluding hydrogens is 301 g/mol. The summed E-state index contributed by atoms with van der Waals surface area (Å²) in [5.41, 5.74) is 3.28. The Morgan fingerprint density at radius 1 is 0.783 bits per heavy atom. The largest absolute Gasteiger partial charge is 0.348 e. The number of carbonyl (C=O) groups excluding carboxylic acids is 1. The molecule has 1 rings (SSSR count). The zero-order chi connectivity index (χ0) is 18.6. The fraction of sp³-hybridized carbons (Fsp3) is 0.850. The molecule has 0 saturated carbocycles. The summed E-state index contributed by atoms with van der Waals surface area (Å²) in [7, 11) is 0.252. The van der Waals surface area contributed by atoms with Crippen LogP contribution in [-0.2, 0) is 0 Å². The molecule has 0 aromatic rings. The van der Waals surface area contributed by atoms with Gasteiger partial charge in [0.05, 0.1) is 0 Å². The molecule has 134 valence electrons. The molecule has 0 aromatic carbocycles. The molecule has 0 bridgehead atoms. The minimum Gasteiger partial charge on any atom is -0.348 e. The Bertz CT molecular complexity index is 492. The van der Waals surface area contributed by atoms with Gasteiger partial charge >= 0.3 is 0 Å². The molecule has 1 N–H and O–H groups in total. The van der Waals surface area contributed by atoms with Crippen molar-refractivity contribution in [2.24, 2.45) is 16.2 Å². The Balaban J connectivity index is 3.31. The normalized spacial score (nSPS) is 19.5. The first kappa shape index (κ1) is 20.7. The van der Waals surface area contributed by atoms with Gasteiger partial charge in [0.15, 0.2) is 0 Å². The highest BCUT2D eigenvalue weighted by molar-refractivity contribution is 7.60. The Morgan fingerprint density at radius 3 is 1.35 bits per heavy atom. The van der Waals surface area contributed by atoms with Gasteiger partial charge in [0.1, 0.15) is 0 Å². The van der Waals surface area contributed by atoms with Crippen LogP contribution in [0.5, 0.6) is 0 Å². The fourth-order valence-corrected chi connectivity index (χ4v) is 6.10.